The summed E-state index contributed by atoms with van der Waals surface area (Å²) in [7, 11) is 0. The van der Waals surface area contributed by atoms with Crippen LogP contribution in [0.25, 0.3) is 82.8 Å². The Labute approximate surface area is 255 Å². The largest absolute Gasteiger partial charge is 0.456 e. The highest BCUT2D eigenvalue weighted by atomic mass is 16.3. The molecule has 0 radical (unpaired) electrons. The highest BCUT2D eigenvalue weighted by Gasteiger charge is 2.18. The zero-order chi connectivity index (χ0) is 29.0. The van der Waals surface area contributed by atoms with Crippen LogP contribution in [0.3, 0.4) is 0 Å². The molecule has 2 nitrogen and oxygen atoms in total. The van der Waals surface area contributed by atoms with Crippen molar-refractivity contribution in [3.63, 3.8) is 0 Å². The predicted octanol–water partition coefficient (Wildman–Crippen LogP) is 11.7. The van der Waals surface area contributed by atoms with E-state index in [4.69, 9.17) is 4.42 Å². The summed E-state index contributed by atoms with van der Waals surface area (Å²) in [6.45, 7) is 0. The van der Waals surface area contributed by atoms with Crippen LogP contribution in [0.1, 0.15) is 0 Å². The van der Waals surface area contributed by atoms with Crippen molar-refractivity contribution in [2.75, 3.05) is 0 Å². The second-order valence-corrected chi connectivity index (χ2v) is 11.3. The lowest BCUT2D eigenvalue weighted by Crippen LogP contribution is -1.98. The Hall–Kier alpha value is -5.86. The van der Waals surface area contributed by atoms with Crippen LogP contribution in [-0.4, -0.2) is 4.57 Å². The molecule has 9 rings (SSSR count). The van der Waals surface area contributed by atoms with Crippen molar-refractivity contribution in [1.82, 2.24) is 4.57 Å². The molecule has 206 valence electrons. The third kappa shape index (κ3) is 3.82. The maximum absolute atomic E-state index is 6.28. The molecule has 9 aromatic rings. The Morgan fingerprint density at radius 1 is 0.341 bits per heavy atom. The minimum Gasteiger partial charge on any atom is -0.456 e. The minimum atomic E-state index is 0.906. The number of hydrogen-bond donors (Lipinski definition) is 0. The van der Waals surface area contributed by atoms with Crippen LogP contribution in [0.2, 0.25) is 0 Å². The van der Waals surface area contributed by atoms with Crippen molar-refractivity contribution < 1.29 is 4.42 Å². The van der Waals surface area contributed by atoms with Crippen molar-refractivity contribution in [1.29, 1.82) is 0 Å². The van der Waals surface area contributed by atoms with E-state index in [1.807, 2.05) is 12.1 Å². The molecule has 2 heterocycles. The van der Waals surface area contributed by atoms with Gasteiger partial charge in [0, 0.05) is 27.1 Å². The molecule has 0 spiro atoms. The van der Waals surface area contributed by atoms with E-state index < -0.39 is 0 Å². The molecular formula is C42H27NO. The number of benzene rings is 7. The number of rotatable bonds is 4. The molecule has 7 aromatic carbocycles. The fourth-order valence-electron chi connectivity index (χ4n) is 6.80. The monoisotopic (exact) mass is 561 g/mol. The van der Waals surface area contributed by atoms with Crippen LogP contribution in [0.5, 0.6) is 0 Å². The summed E-state index contributed by atoms with van der Waals surface area (Å²) in [4.78, 5) is 0. The predicted molar refractivity (Wildman–Crippen MR) is 184 cm³/mol. The molecule has 0 amide bonds. The van der Waals surface area contributed by atoms with Crippen LogP contribution in [-0.2, 0) is 0 Å². The zero-order valence-corrected chi connectivity index (χ0v) is 23.9. The average Bonchev–Trinajstić information content (AvgIpc) is 3.63. The second kappa shape index (κ2) is 9.86. The number of para-hydroxylation sites is 3. The van der Waals surface area contributed by atoms with Crippen LogP contribution < -0.4 is 0 Å². The van der Waals surface area contributed by atoms with E-state index in [9.17, 15) is 0 Å². The molecule has 0 unspecified atom stereocenters. The SMILES string of the molecule is c1ccc(-c2ccc3c(c2)c2ccccc2n3-c2ccccc2-c2ccccc2-c2ccc3c(c2)oc2ccccc23)cc1. The first-order valence-corrected chi connectivity index (χ1v) is 15.0. The molecule has 0 fully saturated rings. The molecule has 0 aliphatic rings. The third-order valence-electron chi connectivity index (χ3n) is 8.83. The van der Waals surface area contributed by atoms with Crippen LogP contribution in [0.15, 0.2) is 168 Å². The van der Waals surface area contributed by atoms with E-state index >= 15 is 0 Å². The normalized spacial score (nSPS) is 11.6. The van der Waals surface area contributed by atoms with Gasteiger partial charge in [0.1, 0.15) is 11.2 Å². The average molecular weight is 562 g/mol. The summed E-state index contributed by atoms with van der Waals surface area (Å²) in [6.07, 6.45) is 0. The maximum Gasteiger partial charge on any atom is 0.136 e. The Bertz CT molecular complexity index is 2500. The van der Waals surface area contributed by atoms with E-state index in [2.05, 4.69) is 156 Å². The molecule has 2 heteroatoms. The molecule has 0 bridgehead atoms. The van der Waals surface area contributed by atoms with Gasteiger partial charge in [0.05, 0.1) is 16.7 Å². The van der Waals surface area contributed by atoms with Crippen molar-refractivity contribution in [3.8, 4) is 39.1 Å². The smallest absolute Gasteiger partial charge is 0.136 e. The second-order valence-electron chi connectivity index (χ2n) is 11.3. The summed E-state index contributed by atoms with van der Waals surface area (Å²) < 4.78 is 8.70. The van der Waals surface area contributed by atoms with Gasteiger partial charge in [0.25, 0.3) is 0 Å². The molecule has 0 atom stereocenters. The number of furan rings is 1. The zero-order valence-electron chi connectivity index (χ0n) is 23.9. The third-order valence-corrected chi connectivity index (χ3v) is 8.83. The van der Waals surface area contributed by atoms with E-state index in [1.54, 1.807) is 0 Å². The van der Waals surface area contributed by atoms with E-state index in [-0.39, 0.29) is 0 Å². The van der Waals surface area contributed by atoms with Crippen LogP contribution >= 0.6 is 0 Å². The van der Waals surface area contributed by atoms with Gasteiger partial charge in [-0.2, -0.15) is 0 Å². The Balaban J connectivity index is 1.26. The van der Waals surface area contributed by atoms with Crippen molar-refractivity contribution in [2.24, 2.45) is 0 Å². The van der Waals surface area contributed by atoms with Gasteiger partial charge in [-0.25, -0.2) is 0 Å². The van der Waals surface area contributed by atoms with Crippen LogP contribution in [0.4, 0.5) is 0 Å². The summed E-state index contributed by atoms with van der Waals surface area (Å²) in [6, 6.07) is 58.5. The van der Waals surface area contributed by atoms with Crippen molar-refractivity contribution >= 4 is 43.7 Å². The molecule has 0 saturated carbocycles. The molecule has 2 aromatic heterocycles. The minimum absolute atomic E-state index is 0.906. The van der Waals surface area contributed by atoms with E-state index in [1.165, 1.54) is 49.6 Å². The summed E-state index contributed by atoms with van der Waals surface area (Å²) in [5.74, 6) is 0. The van der Waals surface area contributed by atoms with Crippen molar-refractivity contribution in [2.45, 2.75) is 0 Å². The van der Waals surface area contributed by atoms with Gasteiger partial charge >= 0.3 is 0 Å². The van der Waals surface area contributed by atoms with Gasteiger partial charge in [-0.05, 0) is 70.3 Å². The van der Waals surface area contributed by atoms with Crippen LogP contribution in [0, 0.1) is 0 Å². The van der Waals surface area contributed by atoms with Gasteiger partial charge in [-0.1, -0.05) is 121 Å². The number of hydrogen-bond acceptors (Lipinski definition) is 1. The van der Waals surface area contributed by atoms with E-state index in [0.29, 0.717) is 0 Å². The first-order chi connectivity index (χ1) is 21.8. The van der Waals surface area contributed by atoms with Gasteiger partial charge in [0.2, 0.25) is 0 Å². The van der Waals surface area contributed by atoms with Gasteiger partial charge in [0.15, 0.2) is 0 Å². The lowest BCUT2D eigenvalue weighted by atomic mass is 9.93. The quantitative estimate of drug-likeness (QED) is 0.209. The molecule has 44 heavy (non-hydrogen) atoms. The van der Waals surface area contributed by atoms with Gasteiger partial charge < -0.3 is 8.98 Å². The topological polar surface area (TPSA) is 18.1 Å². The number of nitrogens with zero attached hydrogens (tertiary/aromatic N) is 1. The van der Waals surface area contributed by atoms with Gasteiger partial charge in [-0.3, -0.25) is 0 Å². The van der Waals surface area contributed by atoms with Crippen molar-refractivity contribution in [3.05, 3.63) is 164 Å². The number of aromatic nitrogens is 1. The fourth-order valence-corrected chi connectivity index (χ4v) is 6.80. The lowest BCUT2D eigenvalue weighted by molar-refractivity contribution is 0.669. The molecule has 0 aliphatic carbocycles. The Morgan fingerprint density at radius 3 is 1.86 bits per heavy atom. The maximum atomic E-state index is 6.28. The molecular weight excluding hydrogens is 534 g/mol. The molecule has 0 aliphatic heterocycles. The highest BCUT2D eigenvalue weighted by Crippen LogP contribution is 2.41. The summed E-state index contributed by atoms with van der Waals surface area (Å²) in [5.41, 5.74) is 12.5. The first kappa shape index (κ1) is 24.7. The lowest BCUT2D eigenvalue weighted by Gasteiger charge is -2.17. The standard InChI is InChI=1S/C42H27NO/c1-2-12-28(13-3-1)29-23-25-40-37(26-29)34-17-7-10-20-39(34)43(40)38-19-9-6-16-33(38)32-15-5-4-14-31(32)30-22-24-36-35-18-8-11-21-41(35)44-42(36)27-30/h1-27H. The Morgan fingerprint density at radius 2 is 0.977 bits per heavy atom. The summed E-state index contributed by atoms with van der Waals surface area (Å²) in [5, 5.41) is 4.79. The highest BCUT2D eigenvalue weighted by molar-refractivity contribution is 6.11. The Kier molecular flexibility index (Phi) is 5.54. The molecule has 0 N–H and O–H groups in total. The first-order valence-electron chi connectivity index (χ1n) is 15.0. The fraction of sp³-hybridized carbons (Fsp3) is 0. The van der Waals surface area contributed by atoms with Gasteiger partial charge in [-0.15, -0.1) is 0 Å². The molecule has 0 saturated heterocycles. The van der Waals surface area contributed by atoms with E-state index in [0.717, 1.165) is 33.2 Å². The number of fused-ring (bicyclic) bond motifs is 6. The summed E-state index contributed by atoms with van der Waals surface area (Å²) >= 11 is 0.